The summed E-state index contributed by atoms with van der Waals surface area (Å²) >= 11 is 0. The van der Waals surface area contributed by atoms with Gasteiger partial charge in [-0.2, -0.15) is 0 Å². The number of fused-ring (bicyclic) bond motifs is 1. The van der Waals surface area contributed by atoms with E-state index in [1.54, 1.807) is 21.3 Å². The molecule has 0 saturated heterocycles. The van der Waals surface area contributed by atoms with Gasteiger partial charge in [0.05, 0.1) is 0 Å². The van der Waals surface area contributed by atoms with Crippen LogP contribution < -0.4 is 0 Å². The van der Waals surface area contributed by atoms with Crippen molar-refractivity contribution in [1.29, 1.82) is 0 Å². The van der Waals surface area contributed by atoms with Crippen molar-refractivity contribution in [3.63, 3.8) is 0 Å². The molecule has 0 unspecified atom stereocenters. The minimum Gasteiger partial charge on any atom is -0.374 e. The number of hydrogen-bond donors (Lipinski definition) is 0. The molecule has 2 rings (SSSR count). The molecule has 0 aromatic heterocycles. The molecule has 17 heavy (non-hydrogen) atoms. The van der Waals surface area contributed by atoms with Gasteiger partial charge < -0.3 is 13.3 Å². The Morgan fingerprint density at radius 3 is 2.12 bits per heavy atom. The molecule has 0 spiro atoms. The molecule has 0 aliphatic heterocycles. The molecular weight excluding hydrogens is 232 g/mol. The lowest BCUT2D eigenvalue weighted by molar-refractivity contribution is 0.139. The molecule has 1 aliphatic carbocycles. The summed E-state index contributed by atoms with van der Waals surface area (Å²) in [6, 6.07) is 6.53. The Bertz CT molecular complexity index is 416. The lowest BCUT2D eigenvalue weighted by atomic mass is 9.87. The van der Waals surface area contributed by atoms with Gasteiger partial charge in [-0.15, -0.1) is 0 Å². The van der Waals surface area contributed by atoms with Crippen molar-refractivity contribution in [2.24, 2.45) is 0 Å². The molecule has 1 aromatic carbocycles. The van der Waals surface area contributed by atoms with E-state index < -0.39 is 8.80 Å². The maximum absolute atomic E-state index is 5.33. The van der Waals surface area contributed by atoms with Crippen LogP contribution in [0.25, 0.3) is 6.08 Å². The second-order valence-corrected chi connectivity index (χ2v) is 6.84. The zero-order valence-corrected chi connectivity index (χ0v) is 11.5. The van der Waals surface area contributed by atoms with Gasteiger partial charge in [-0.25, -0.2) is 0 Å². The van der Waals surface area contributed by atoms with E-state index in [4.69, 9.17) is 13.3 Å². The molecule has 1 aromatic rings. The smallest absolute Gasteiger partial charge is 0.374 e. The van der Waals surface area contributed by atoms with Crippen LogP contribution >= 0.6 is 0 Å². The molecule has 0 fully saturated rings. The van der Waals surface area contributed by atoms with Crippen molar-refractivity contribution < 1.29 is 13.3 Å². The van der Waals surface area contributed by atoms with Crippen molar-refractivity contribution in [3.05, 3.63) is 40.6 Å². The molecule has 3 nitrogen and oxygen atoms in total. The summed E-state index contributed by atoms with van der Waals surface area (Å²) < 4.78 is 16.0. The standard InChI is InChI=1S/C13H18O3Si/c1-14-17(15-2,16-3)9-8-11-4-5-12-6-7-13(12)10-11/h4-5,8-10H,6-7H2,1-3H3/b9-8+. The molecule has 1 aliphatic rings. The lowest BCUT2D eigenvalue weighted by Gasteiger charge is -2.21. The number of hydrogen-bond acceptors (Lipinski definition) is 3. The van der Waals surface area contributed by atoms with E-state index in [1.165, 1.54) is 29.5 Å². The highest BCUT2D eigenvalue weighted by Crippen LogP contribution is 2.24. The van der Waals surface area contributed by atoms with Crippen molar-refractivity contribution in [1.82, 2.24) is 0 Å². The van der Waals surface area contributed by atoms with Gasteiger partial charge in [-0.1, -0.05) is 24.3 Å². The van der Waals surface area contributed by atoms with E-state index in [2.05, 4.69) is 18.2 Å². The van der Waals surface area contributed by atoms with Crippen molar-refractivity contribution in [2.45, 2.75) is 12.8 Å². The van der Waals surface area contributed by atoms with Crippen molar-refractivity contribution >= 4 is 14.9 Å². The number of rotatable bonds is 5. The van der Waals surface area contributed by atoms with Crippen LogP contribution in [-0.4, -0.2) is 30.1 Å². The molecule has 92 valence electrons. The van der Waals surface area contributed by atoms with Gasteiger partial charge in [0.1, 0.15) is 0 Å². The average Bonchev–Trinajstić information content (AvgIpc) is 2.34. The van der Waals surface area contributed by atoms with E-state index in [1.807, 2.05) is 11.8 Å². The van der Waals surface area contributed by atoms with Gasteiger partial charge in [-0.3, -0.25) is 0 Å². The van der Waals surface area contributed by atoms with Crippen LogP contribution in [0.5, 0.6) is 0 Å². The molecule has 0 N–H and O–H groups in total. The number of aryl methyl sites for hydroxylation is 2. The topological polar surface area (TPSA) is 27.7 Å². The molecule has 0 amide bonds. The second kappa shape index (κ2) is 5.14. The third-order valence-electron chi connectivity index (χ3n) is 3.23. The Kier molecular flexibility index (Phi) is 3.78. The summed E-state index contributed by atoms with van der Waals surface area (Å²) in [5.41, 5.74) is 6.00. The zero-order valence-electron chi connectivity index (χ0n) is 10.5. The molecule has 4 heteroatoms. The highest BCUT2D eigenvalue weighted by Gasteiger charge is 2.34. The summed E-state index contributed by atoms with van der Waals surface area (Å²) in [7, 11) is 2.24. The fourth-order valence-electron chi connectivity index (χ4n) is 1.97. The van der Waals surface area contributed by atoms with Gasteiger partial charge in [0, 0.05) is 21.3 Å². The third-order valence-corrected chi connectivity index (χ3v) is 5.51. The van der Waals surface area contributed by atoms with Crippen LogP contribution in [0.3, 0.4) is 0 Å². The predicted octanol–water partition coefficient (Wildman–Crippen LogP) is 2.22. The van der Waals surface area contributed by atoms with Gasteiger partial charge in [0.25, 0.3) is 0 Å². The molecule has 0 radical (unpaired) electrons. The predicted molar refractivity (Wildman–Crippen MR) is 69.7 cm³/mol. The summed E-state index contributed by atoms with van der Waals surface area (Å²) in [6.07, 6.45) is 4.42. The van der Waals surface area contributed by atoms with Gasteiger partial charge in [-0.05, 0) is 35.2 Å². The Labute approximate surface area is 103 Å². The molecular formula is C13H18O3Si. The minimum absolute atomic E-state index is 1.17. The highest BCUT2D eigenvalue weighted by atomic mass is 28.4. The van der Waals surface area contributed by atoms with E-state index in [-0.39, 0.29) is 0 Å². The van der Waals surface area contributed by atoms with Gasteiger partial charge >= 0.3 is 8.80 Å². The van der Waals surface area contributed by atoms with Crippen LogP contribution in [-0.2, 0) is 26.1 Å². The summed E-state index contributed by atoms with van der Waals surface area (Å²) in [5, 5.41) is 0. The van der Waals surface area contributed by atoms with E-state index in [0.717, 1.165) is 0 Å². The van der Waals surface area contributed by atoms with E-state index in [9.17, 15) is 0 Å². The molecule has 0 atom stereocenters. The van der Waals surface area contributed by atoms with Crippen LogP contribution in [0, 0.1) is 0 Å². The van der Waals surface area contributed by atoms with Crippen LogP contribution in [0.2, 0.25) is 0 Å². The first-order valence-electron chi connectivity index (χ1n) is 5.69. The molecule has 0 saturated carbocycles. The van der Waals surface area contributed by atoms with Crippen LogP contribution in [0.4, 0.5) is 0 Å². The Morgan fingerprint density at radius 2 is 1.65 bits per heavy atom. The second-order valence-electron chi connectivity index (χ2n) is 4.08. The quantitative estimate of drug-likeness (QED) is 0.750. The first-order chi connectivity index (χ1) is 8.23. The van der Waals surface area contributed by atoms with Crippen molar-refractivity contribution in [2.75, 3.05) is 21.3 Å². The maximum atomic E-state index is 5.33. The van der Waals surface area contributed by atoms with Crippen LogP contribution in [0.1, 0.15) is 16.7 Å². The molecule has 0 heterocycles. The van der Waals surface area contributed by atoms with E-state index in [0.29, 0.717) is 0 Å². The van der Waals surface area contributed by atoms with Crippen LogP contribution in [0.15, 0.2) is 23.9 Å². The Balaban J connectivity index is 2.15. The number of benzene rings is 1. The normalized spacial score (nSPS) is 14.8. The summed E-state index contributed by atoms with van der Waals surface area (Å²) in [6.45, 7) is 0. The summed E-state index contributed by atoms with van der Waals surface area (Å²) in [4.78, 5) is 0. The zero-order chi connectivity index (χ0) is 12.3. The Hall–Kier alpha value is -0.943. The fraction of sp³-hybridized carbons (Fsp3) is 0.385. The Morgan fingerprint density at radius 1 is 1.00 bits per heavy atom. The average molecular weight is 250 g/mol. The fourth-order valence-corrected chi connectivity index (χ4v) is 3.28. The van der Waals surface area contributed by atoms with Gasteiger partial charge in [0.2, 0.25) is 0 Å². The highest BCUT2D eigenvalue weighted by molar-refractivity contribution is 6.66. The van der Waals surface area contributed by atoms with Gasteiger partial charge in [0.15, 0.2) is 0 Å². The minimum atomic E-state index is -2.59. The molecule has 0 bridgehead atoms. The summed E-state index contributed by atoms with van der Waals surface area (Å²) in [5.74, 6) is 0. The maximum Gasteiger partial charge on any atom is 0.528 e. The lowest BCUT2D eigenvalue weighted by Crippen LogP contribution is -2.40. The van der Waals surface area contributed by atoms with E-state index >= 15 is 0 Å². The van der Waals surface area contributed by atoms with Crippen molar-refractivity contribution in [3.8, 4) is 0 Å². The SMILES string of the molecule is CO[Si](/C=C/c1ccc2c(c1)CC2)(OC)OC. The monoisotopic (exact) mass is 250 g/mol. The largest absolute Gasteiger partial charge is 0.528 e. The third kappa shape index (κ3) is 2.50. The first-order valence-corrected chi connectivity index (χ1v) is 7.50. The first kappa shape index (κ1) is 12.5.